The summed E-state index contributed by atoms with van der Waals surface area (Å²) in [5.41, 5.74) is 3.53. The molecule has 0 unspecified atom stereocenters. The van der Waals surface area contributed by atoms with Crippen LogP contribution in [0.1, 0.15) is 5.56 Å². The normalized spacial score (nSPS) is 14.3. The average molecular weight is 461 g/mol. The number of methoxy groups -OCH3 is 1. The van der Waals surface area contributed by atoms with E-state index in [-0.39, 0.29) is 0 Å². The number of ether oxygens (including phenoxy) is 2. The smallest absolute Gasteiger partial charge is 0.187 e. The summed E-state index contributed by atoms with van der Waals surface area (Å²) in [6.45, 7) is 3.66. The zero-order valence-corrected chi connectivity index (χ0v) is 19.1. The van der Waals surface area contributed by atoms with Crippen LogP contribution in [0.2, 0.25) is 0 Å². The number of nitrogens with zero attached hydrogens (tertiary/aromatic N) is 4. The number of H-pyrrole nitrogens is 1. The molecule has 0 aliphatic carbocycles. The van der Waals surface area contributed by atoms with Gasteiger partial charge in [-0.25, -0.2) is 0 Å². The molecule has 3 heterocycles. The van der Waals surface area contributed by atoms with Crippen molar-refractivity contribution in [2.45, 2.75) is 0 Å². The first-order chi connectivity index (χ1) is 16.3. The van der Waals surface area contributed by atoms with E-state index in [9.17, 15) is 5.26 Å². The SMILES string of the molecule is COc1c(OCCN2CCSCC2)ccc2c(Nc3ccc4cn[nH]c4c3)c(C#N)cnc12. The molecule has 2 aromatic heterocycles. The Balaban J connectivity index is 1.45. The number of nitrogens with one attached hydrogen (secondary N) is 2. The van der Waals surface area contributed by atoms with E-state index < -0.39 is 0 Å². The fourth-order valence-electron chi connectivity index (χ4n) is 4.02. The van der Waals surface area contributed by atoms with Crippen LogP contribution in [0, 0.1) is 11.3 Å². The third-order valence-corrected chi connectivity index (χ3v) is 6.70. The predicted molar refractivity (Wildman–Crippen MR) is 132 cm³/mol. The zero-order chi connectivity index (χ0) is 22.6. The summed E-state index contributed by atoms with van der Waals surface area (Å²) in [4.78, 5) is 6.95. The number of aromatic amines is 1. The summed E-state index contributed by atoms with van der Waals surface area (Å²) in [7, 11) is 1.61. The molecule has 0 atom stereocenters. The topological polar surface area (TPSA) is 99.1 Å². The second kappa shape index (κ2) is 9.57. The molecule has 0 amide bonds. The molecule has 1 fully saturated rings. The molecule has 1 aliphatic rings. The summed E-state index contributed by atoms with van der Waals surface area (Å²) in [6.07, 6.45) is 3.34. The van der Waals surface area contributed by atoms with Crippen LogP contribution in [0.4, 0.5) is 11.4 Å². The first-order valence-electron chi connectivity index (χ1n) is 10.8. The van der Waals surface area contributed by atoms with Gasteiger partial charge in [-0.1, -0.05) is 0 Å². The Kier molecular flexibility index (Phi) is 6.19. The van der Waals surface area contributed by atoms with Crippen molar-refractivity contribution in [1.82, 2.24) is 20.1 Å². The molecule has 0 spiro atoms. The lowest BCUT2D eigenvalue weighted by atomic mass is 10.1. The number of anilines is 2. The van der Waals surface area contributed by atoms with Crippen LogP contribution >= 0.6 is 11.8 Å². The van der Waals surface area contributed by atoms with E-state index in [1.807, 2.05) is 42.1 Å². The van der Waals surface area contributed by atoms with Crippen LogP contribution in [0.25, 0.3) is 21.8 Å². The Labute approximate surface area is 195 Å². The highest BCUT2D eigenvalue weighted by Gasteiger charge is 2.17. The molecule has 1 saturated heterocycles. The third kappa shape index (κ3) is 4.40. The summed E-state index contributed by atoms with van der Waals surface area (Å²) < 4.78 is 11.8. The summed E-state index contributed by atoms with van der Waals surface area (Å²) >= 11 is 2.00. The molecule has 4 aromatic rings. The highest BCUT2D eigenvalue weighted by Crippen LogP contribution is 2.39. The minimum absolute atomic E-state index is 0.450. The van der Waals surface area contributed by atoms with Gasteiger partial charge in [0.2, 0.25) is 0 Å². The largest absolute Gasteiger partial charge is 0.491 e. The number of nitriles is 1. The Morgan fingerprint density at radius 3 is 2.91 bits per heavy atom. The van der Waals surface area contributed by atoms with E-state index in [1.165, 1.54) is 11.5 Å². The van der Waals surface area contributed by atoms with E-state index in [2.05, 4.69) is 31.5 Å². The van der Waals surface area contributed by atoms with Gasteiger partial charge in [-0.2, -0.15) is 22.1 Å². The van der Waals surface area contributed by atoms with E-state index in [1.54, 1.807) is 19.5 Å². The first-order valence-corrected chi connectivity index (χ1v) is 11.9. The van der Waals surface area contributed by atoms with Gasteiger partial charge in [0.05, 0.1) is 30.1 Å². The Morgan fingerprint density at radius 1 is 1.21 bits per heavy atom. The molecule has 168 valence electrons. The van der Waals surface area contributed by atoms with Crippen LogP contribution in [0.5, 0.6) is 11.5 Å². The second-order valence-corrected chi connectivity index (χ2v) is 8.98. The molecule has 5 rings (SSSR count). The van der Waals surface area contributed by atoms with Crippen molar-refractivity contribution in [2.75, 3.05) is 50.2 Å². The Morgan fingerprint density at radius 2 is 2.09 bits per heavy atom. The summed E-state index contributed by atoms with van der Waals surface area (Å²) in [5.74, 6) is 3.57. The zero-order valence-electron chi connectivity index (χ0n) is 18.3. The average Bonchev–Trinajstić information content (AvgIpc) is 3.32. The fraction of sp³-hybridized carbons (Fsp3) is 0.292. The van der Waals surface area contributed by atoms with Crippen LogP contribution in [0.15, 0.2) is 42.7 Å². The molecule has 9 heteroatoms. The molecular weight excluding hydrogens is 436 g/mol. The lowest BCUT2D eigenvalue weighted by molar-refractivity contribution is 0.217. The van der Waals surface area contributed by atoms with Crippen molar-refractivity contribution in [2.24, 2.45) is 0 Å². The molecule has 2 N–H and O–H groups in total. The van der Waals surface area contributed by atoms with Crippen LogP contribution in [-0.2, 0) is 0 Å². The number of thioether (sulfide) groups is 1. The molecule has 0 radical (unpaired) electrons. The number of hydrogen-bond acceptors (Lipinski definition) is 8. The van der Waals surface area contributed by atoms with Gasteiger partial charge in [-0.05, 0) is 30.3 Å². The number of benzene rings is 2. The van der Waals surface area contributed by atoms with E-state index in [4.69, 9.17) is 9.47 Å². The van der Waals surface area contributed by atoms with Gasteiger partial charge in [-0.3, -0.25) is 15.0 Å². The molecule has 33 heavy (non-hydrogen) atoms. The number of aromatic nitrogens is 3. The fourth-order valence-corrected chi connectivity index (χ4v) is 5.00. The maximum Gasteiger partial charge on any atom is 0.187 e. The van der Waals surface area contributed by atoms with Crippen molar-refractivity contribution in [3.05, 3.63) is 48.3 Å². The van der Waals surface area contributed by atoms with E-state index >= 15 is 0 Å². The number of rotatable bonds is 7. The Hall–Kier alpha value is -3.48. The third-order valence-electron chi connectivity index (χ3n) is 5.76. The standard InChI is InChI=1S/C24H24N6O2S/c1-31-24-21(32-9-6-30-7-10-33-11-8-30)5-4-19-22(17(13-25)14-26-23(19)24)28-18-3-2-16-15-27-29-20(16)12-18/h2-5,12,14-15H,6-11H2,1H3,(H,26,28)(H,27,29). The summed E-state index contributed by atoms with van der Waals surface area (Å²) in [6, 6.07) is 11.9. The molecular formula is C24H24N6O2S. The Bertz CT molecular complexity index is 1330. The van der Waals surface area contributed by atoms with E-state index in [0.717, 1.165) is 41.6 Å². The first kappa shape index (κ1) is 21.4. The van der Waals surface area contributed by atoms with Crippen molar-refractivity contribution in [1.29, 1.82) is 5.26 Å². The molecule has 0 bridgehead atoms. The van der Waals surface area contributed by atoms with Crippen LogP contribution < -0.4 is 14.8 Å². The molecule has 8 nitrogen and oxygen atoms in total. The van der Waals surface area contributed by atoms with E-state index in [0.29, 0.717) is 34.9 Å². The van der Waals surface area contributed by atoms with Crippen LogP contribution in [0.3, 0.4) is 0 Å². The van der Waals surface area contributed by atoms with Crippen LogP contribution in [-0.4, -0.2) is 64.9 Å². The quantitative estimate of drug-likeness (QED) is 0.424. The predicted octanol–water partition coefficient (Wildman–Crippen LogP) is 4.16. The van der Waals surface area contributed by atoms with Gasteiger partial charge in [0.1, 0.15) is 18.2 Å². The van der Waals surface area contributed by atoms with Gasteiger partial charge in [-0.15, -0.1) is 0 Å². The van der Waals surface area contributed by atoms with Gasteiger partial charge in [0, 0.05) is 53.8 Å². The minimum atomic E-state index is 0.450. The highest BCUT2D eigenvalue weighted by molar-refractivity contribution is 7.99. The maximum absolute atomic E-state index is 9.71. The maximum atomic E-state index is 9.71. The monoisotopic (exact) mass is 460 g/mol. The van der Waals surface area contributed by atoms with Gasteiger partial charge in [0.25, 0.3) is 0 Å². The summed E-state index contributed by atoms with van der Waals surface area (Å²) in [5, 5.41) is 21.9. The van der Waals surface area contributed by atoms with Crippen molar-refractivity contribution < 1.29 is 9.47 Å². The van der Waals surface area contributed by atoms with Gasteiger partial charge >= 0.3 is 0 Å². The number of fused-ring (bicyclic) bond motifs is 2. The molecule has 0 saturated carbocycles. The minimum Gasteiger partial charge on any atom is -0.491 e. The lowest BCUT2D eigenvalue weighted by Crippen LogP contribution is -2.35. The lowest BCUT2D eigenvalue weighted by Gasteiger charge is -2.26. The number of pyridine rings is 1. The molecule has 1 aliphatic heterocycles. The molecule has 2 aromatic carbocycles. The van der Waals surface area contributed by atoms with Crippen molar-refractivity contribution in [3.63, 3.8) is 0 Å². The van der Waals surface area contributed by atoms with Gasteiger partial charge < -0.3 is 14.8 Å². The van der Waals surface area contributed by atoms with Crippen molar-refractivity contribution in [3.8, 4) is 17.6 Å². The number of hydrogen-bond donors (Lipinski definition) is 2. The highest BCUT2D eigenvalue weighted by atomic mass is 32.2. The van der Waals surface area contributed by atoms with Gasteiger partial charge in [0.15, 0.2) is 11.5 Å². The van der Waals surface area contributed by atoms with Crippen molar-refractivity contribution >= 4 is 44.9 Å². The second-order valence-electron chi connectivity index (χ2n) is 7.75.